The Balaban J connectivity index is 1.55. The molecule has 33 heavy (non-hydrogen) atoms. The minimum atomic E-state index is -0.0662. The Morgan fingerprint density at radius 3 is 2.30 bits per heavy atom. The topological polar surface area (TPSA) is 67.9 Å². The number of nitrogens with one attached hydrogen (secondary N) is 2. The number of hydrogen-bond acceptors (Lipinski definition) is 5. The molecule has 0 bridgehead atoms. The van der Waals surface area contributed by atoms with Crippen LogP contribution in [0.2, 0.25) is 0 Å². The summed E-state index contributed by atoms with van der Waals surface area (Å²) >= 11 is 3.49. The average Bonchev–Trinajstić information content (AvgIpc) is 3.20. The third-order valence-electron chi connectivity index (χ3n) is 5.80. The molecule has 0 atom stereocenters. The van der Waals surface area contributed by atoms with Gasteiger partial charge in [-0.1, -0.05) is 54.0 Å². The zero-order valence-corrected chi connectivity index (χ0v) is 21.5. The molecule has 2 aromatic rings. The molecule has 2 aromatic carbocycles. The maximum atomic E-state index is 13.1. The van der Waals surface area contributed by atoms with Gasteiger partial charge in [0.05, 0.1) is 13.1 Å². The Hall–Kier alpha value is -2.26. The molecule has 1 aliphatic heterocycles. The van der Waals surface area contributed by atoms with Crippen molar-refractivity contribution < 1.29 is 9.59 Å². The lowest BCUT2D eigenvalue weighted by molar-refractivity contribution is -0.145. The second-order valence-electron chi connectivity index (χ2n) is 8.70. The van der Waals surface area contributed by atoms with Gasteiger partial charge in [-0.2, -0.15) is 0 Å². The van der Waals surface area contributed by atoms with Crippen LogP contribution in [0.1, 0.15) is 30.5 Å². The first-order valence-corrected chi connectivity index (χ1v) is 12.1. The summed E-state index contributed by atoms with van der Waals surface area (Å²) in [5.74, 6) is -0.126. The molecule has 0 fully saturated rings. The van der Waals surface area contributed by atoms with Gasteiger partial charge in [0.25, 0.3) is 5.91 Å². The summed E-state index contributed by atoms with van der Waals surface area (Å²) in [5.41, 5.74) is 4.40. The Labute approximate surface area is 205 Å². The Kier molecular flexibility index (Phi) is 9.02. The highest BCUT2D eigenvalue weighted by Crippen LogP contribution is 2.24. The van der Waals surface area contributed by atoms with Crippen molar-refractivity contribution in [2.45, 2.75) is 39.9 Å². The molecule has 0 spiro atoms. The lowest BCUT2D eigenvalue weighted by atomic mass is 10.1. The fraction of sp³-hybridized carbons (Fsp3) is 0.440. The van der Waals surface area contributed by atoms with Crippen LogP contribution in [0.3, 0.4) is 0 Å². The van der Waals surface area contributed by atoms with Gasteiger partial charge in [0.1, 0.15) is 0 Å². The molecule has 2 N–H and O–H groups in total. The number of rotatable bonds is 10. The van der Waals surface area contributed by atoms with E-state index in [2.05, 4.69) is 52.5 Å². The first kappa shape index (κ1) is 25.4. The van der Waals surface area contributed by atoms with Gasteiger partial charge >= 0.3 is 0 Å². The van der Waals surface area contributed by atoms with Crippen LogP contribution < -0.4 is 15.5 Å². The molecule has 0 saturated heterocycles. The van der Waals surface area contributed by atoms with Gasteiger partial charge < -0.3 is 10.2 Å². The maximum Gasteiger partial charge on any atom is 0.250 e. The van der Waals surface area contributed by atoms with Crippen LogP contribution in [-0.2, 0) is 22.7 Å². The normalized spacial score (nSPS) is 13.3. The highest BCUT2D eigenvalue weighted by Gasteiger charge is 2.25. The van der Waals surface area contributed by atoms with Gasteiger partial charge in [-0.3, -0.25) is 19.9 Å². The van der Waals surface area contributed by atoms with E-state index in [1.807, 2.05) is 42.3 Å². The summed E-state index contributed by atoms with van der Waals surface area (Å²) in [6.45, 7) is 9.05. The van der Waals surface area contributed by atoms with Crippen LogP contribution >= 0.6 is 15.9 Å². The molecule has 7 nitrogen and oxygen atoms in total. The SMILES string of the molecule is Cc1cc(Br)ccc1N(CCNC(C)C)C(=O)CNCC(=O)N(C)N1Cc2ccccc2C1. The smallest absolute Gasteiger partial charge is 0.250 e. The number of carbonyl (C=O) groups is 2. The zero-order chi connectivity index (χ0) is 24.0. The fourth-order valence-corrected chi connectivity index (χ4v) is 4.41. The summed E-state index contributed by atoms with van der Waals surface area (Å²) in [6.07, 6.45) is 0. The molecule has 1 heterocycles. The van der Waals surface area contributed by atoms with Gasteiger partial charge in [-0.15, -0.1) is 0 Å². The van der Waals surface area contributed by atoms with Crippen molar-refractivity contribution in [1.29, 1.82) is 0 Å². The zero-order valence-electron chi connectivity index (χ0n) is 19.9. The minimum Gasteiger partial charge on any atom is -0.313 e. The van der Waals surface area contributed by atoms with Crippen molar-refractivity contribution in [3.8, 4) is 0 Å². The van der Waals surface area contributed by atoms with Gasteiger partial charge in [0, 0.05) is 49.4 Å². The molecular weight excluding hydrogens is 482 g/mol. The second kappa shape index (κ2) is 11.7. The highest BCUT2D eigenvalue weighted by molar-refractivity contribution is 9.10. The first-order chi connectivity index (χ1) is 15.8. The summed E-state index contributed by atoms with van der Waals surface area (Å²) < 4.78 is 0.979. The van der Waals surface area contributed by atoms with E-state index in [0.29, 0.717) is 19.1 Å². The summed E-state index contributed by atoms with van der Waals surface area (Å²) in [7, 11) is 1.78. The number of hydrogen-bond donors (Lipinski definition) is 2. The predicted octanol–water partition coefficient (Wildman–Crippen LogP) is 3.07. The van der Waals surface area contributed by atoms with E-state index in [1.165, 1.54) is 11.1 Å². The molecule has 8 heteroatoms. The van der Waals surface area contributed by atoms with E-state index < -0.39 is 0 Å². The Morgan fingerprint density at radius 1 is 1.06 bits per heavy atom. The number of fused-ring (bicyclic) bond motifs is 1. The predicted molar refractivity (Wildman–Crippen MR) is 136 cm³/mol. The standard InChI is InChI=1S/C25H34BrN5O2/c1-18(2)28-11-12-31(23-10-9-22(26)13-19(23)3)25(33)15-27-14-24(32)29(4)30-16-20-7-5-6-8-21(20)17-30/h5-10,13,18,27-28H,11-12,14-17H2,1-4H3. The van der Waals surface area contributed by atoms with Gasteiger partial charge in [0.15, 0.2) is 0 Å². The lowest BCUT2D eigenvalue weighted by Gasteiger charge is -2.28. The first-order valence-electron chi connectivity index (χ1n) is 11.3. The number of aryl methyl sites for hydroxylation is 1. The minimum absolute atomic E-state index is 0.0602. The molecule has 0 aliphatic carbocycles. The Bertz CT molecular complexity index is 956. The number of benzene rings is 2. The third kappa shape index (κ3) is 6.86. The van der Waals surface area contributed by atoms with Gasteiger partial charge in [-0.05, 0) is 41.8 Å². The number of likely N-dealkylation sites (N-methyl/N-ethyl adjacent to an activating group) is 1. The number of nitrogens with zero attached hydrogens (tertiary/aromatic N) is 3. The van der Waals surface area contributed by atoms with Gasteiger partial charge in [0.2, 0.25) is 5.91 Å². The van der Waals surface area contributed by atoms with E-state index in [1.54, 1.807) is 17.0 Å². The highest BCUT2D eigenvalue weighted by atomic mass is 79.9. The van der Waals surface area contributed by atoms with Crippen molar-refractivity contribution in [3.05, 3.63) is 63.6 Å². The molecule has 0 radical (unpaired) electrons. The molecule has 0 saturated carbocycles. The van der Waals surface area contributed by atoms with Crippen molar-refractivity contribution in [3.63, 3.8) is 0 Å². The summed E-state index contributed by atoms with van der Waals surface area (Å²) in [6, 6.07) is 14.5. The number of anilines is 1. The van der Waals surface area contributed by atoms with Crippen LogP contribution in [-0.4, -0.2) is 61.1 Å². The third-order valence-corrected chi connectivity index (χ3v) is 6.29. The number of hydrazine groups is 1. The van der Waals surface area contributed by atoms with Crippen molar-refractivity contribution >= 4 is 33.4 Å². The lowest BCUT2D eigenvalue weighted by Crippen LogP contribution is -2.47. The number of carbonyl (C=O) groups excluding carboxylic acids is 2. The van der Waals surface area contributed by atoms with Crippen molar-refractivity contribution in [1.82, 2.24) is 20.7 Å². The average molecular weight is 516 g/mol. The fourth-order valence-electron chi connectivity index (χ4n) is 3.94. The molecule has 1 aliphatic rings. The Morgan fingerprint density at radius 2 is 1.70 bits per heavy atom. The molecule has 0 unspecified atom stereocenters. The quantitative estimate of drug-likeness (QED) is 0.508. The van der Waals surface area contributed by atoms with E-state index in [9.17, 15) is 9.59 Å². The molecule has 0 aromatic heterocycles. The monoisotopic (exact) mass is 515 g/mol. The van der Waals surface area contributed by atoms with E-state index in [-0.39, 0.29) is 24.9 Å². The van der Waals surface area contributed by atoms with Crippen molar-refractivity contribution in [2.24, 2.45) is 0 Å². The summed E-state index contributed by atoms with van der Waals surface area (Å²) in [4.78, 5) is 27.6. The van der Waals surface area contributed by atoms with E-state index in [0.717, 1.165) is 28.8 Å². The molecular formula is C25H34BrN5O2. The number of amides is 2. The van der Waals surface area contributed by atoms with E-state index in [4.69, 9.17) is 0 Å². The largest absolute Gasteiger partial charge is 0.313 e. The second-order valence-corrected chi connectivity index (χ2v) is 9.61. The molecule has 178 valence electrons. The van der Waals surface area contributed by atoms with Crippen LogP contribution in [0.25, 0.3) is 0 Å². The maximum absolute atomic E-state index is 13.1. The molecule has 2 amide bonds. The van der Waals surface area contributed by atoms with Crippen molar-refractivity contribution in [2.75, 3.05) is 38.1 Å². The van der Waals surface area contributed by atoms with Crippen LogP contribution in [0.4, 0.5) is 5.69 Å². The molecule has 3 rings (SSSR count). The van der Waals surface area contributed by atoms with Crippen LogP contribution in [0.5, 0.6) is 0 Å². The summed E-state index contributed by atoms with van der Waals surface area (Å²) in [5, 5.41) is 10.1. The van der Waals surface area contributed by atoms with Crippen LogP contribution in [0, 0.1) is 6.92 Å². The van der Waals surface area contributed by atoms with Gasteiger partial charge in [-0.25, -0.2) is 5.01 Å². The van der Waals surface area contributed by atoms with E-state index >= 15 is 0 Å². The van der Waals surface area contributed by atoms with Crippen LogP contribution in [0.15, 0.2) is 46.9 Å². The number of halogens is 1.